The van der Waals surface area contributed by atoms with E-state index in [2.05, 4.69) is 13.8 Å². The molecule has 1 aliphatic heterocycles. The highest BCUT2D eigenvalue weighted by molar-refractivity contribution is 4.82. The van der Waals surface area contributed by atoms with Crippen LogP contribution in [0.5, 0.6) is 0 Å². The van der Waals surface area contributed by atoms with E-state index in [1.807, 2.05) is 0 Å². The number of rotatable bonds is 1. The van der Waals surface area contributed by atoms with E-state index in [9.17, 15) is 0 Å². The van der Waals surface area contributed by atoms with Crippen LogP contribution in [-0.2, 0) is 4.74 Å². The second-order valence-corrected chi connectivity index (χ2v) is 5.24. The third-order valence-electron chi connectivity index (χ3n) is 3.94. The largest absolute Gasteiger partial charge is 0.381 e. The lowest BCUT2D eigenvalue weighted by atomic mass is 9.79. The molecule has 2 bridgehead atoms. The van der Waals surface area contributed by atoms with E-state index in [0.717, 1.165) is 36.9 Å². The van der Waals surface area contributed by atoms with Crippen molar-refractivity contribution in [3.8, 4) is 0 Å². The Kier molecular flexibility index (Phi) is 2.92. The molecule has 0 amide bonds. The normalized spacial score (nSPS) is 40.4. The third kappa shape index (κ3) is 2.07. The van der Waals surface area contributed by atoms with Crippen molar-refractivity contribution in [2.24, 2.45) is 23.7 Å². The molecule has 2 rings (SSSR count). The predicted octanol–water partition coefficient (Wildman–Crippen LogP) is 3.10. The van der Waals surface area contributed by atoms with Crippen LogP contribution in [0.4, 0.5) is 0 Å². The molecule has 2 fully saturated rings. The van der Waals surface area contributed by atoms with E-state index in [-0.39, 0.29) is 0 Å². The average molecular weight is 182 g/mol. The minimum absolute atomic E-state index is 0.854. The van der Waals surface area contributed by atoms with E-state index >= 15 is 0 Å². The lowest BCUT2D eigenvalue weighted by Crippen LogP contribution is -2.21. The van der Waals surface area contributed by atoms with Crippen LogP contribution in [0.1, 0.15) is 39.5 Å². The molecule has 0 aromatic rings. The Morgan fingerprint density at radius 2 is 2.00 bits per heavy atom. The van der Waals surface area contributed by atoms with Crippen LogP contribution >= 0.6 is 0 Å². The Hall–Kier alpha value is -0.0400. The van der Waals surface area contributed by atoms with Crippen molar-refractivity contribution in [2.45, 2.75) is 39.5 Å². The first-order valence-corrected chi connectivity index (χ1v) is 5.85. The van der Waals surface area contributed by atoms with Crippen LogP contribution in [0.25, 0.3) is 0 Å². The van der Waals surface area contributed by atoms with Gasteiger partial charge >= 0.3 is 0 Å². The summed E-state index contributed by atoms with van der Waals surface area (Å²) in [5.41, 5.74) is 0. The van der Waals surface area contributed by atoms with Gasteiger partial charge in [-0.15, -0.1) is 0 Å². The maximum Gasteiger partial charge on any atom is 0.0497 e. The van der Waals surface area contributed by atoms with Crippen molar-refractivity contribution in [1.82, 2.24) is 0 Å². The van der Waals surface area contributed by atoms with Gasteiger partial charge in [0, 0.05) is 13.2 Å². The van der Waals surface area contributed by atoms with Crippen molar-refractivity contribution in [1.29, 1.82) is 0 Å². The summed E-state index contributed by atoms with van der Waals surface area (Å²) in [5, 5.41) is 0. The molecule has 76 valence electrons. The third-order valence-corrected chi connectivity index (χ3v) is 3.94. The van der Waals surface area contributed by atoms with Gasteiger partial charge in [0.2, 0.25) is 0 Å². The van der Waals surface area contributed by atoms with Gasteiger partial charge in [0.05, 0.1) is 0 Å². The van der Waals surface area contributed by atoms with Crippen LogP contribution in [0.3, 0.4) is 0 Å². The second-order valence-electron chi connectivity index (χ2n) is 5.24. The van der Waals surface area contributed by atoms with E-state index in [1.165, 1.54) is 25.7 Å². The first-order valence-electron chi connectivity index (χ1n) is 5.85. The summed E-state index contributed by atoms with van der Waals surface area (Å²) in [6.07, 6.45) is 5.71. The highest BCUT2D eigenvalue weighted by Crippen LogP contribution is 2.39. The number of ether oxygens (including phenoxy) is 1. The number of hydrogen-bond acceptors (Lipinski definition) is 1. The molecule has 0 aromatic heterocycles. The van der Waals surface area contributed by atoms with E-state index in [0.29, 0.717) is 0 Å². The maximum absolute atomic E-state index is 5.74. The van der Waals surface area contributed by atoms with Crippen molar-refractivity contribution in [3.63, 3.8) is 0 Å². The first kappa shape index (κ1) is 9.51. The quantitative estimate of drug-likeness (QED) is 0.605. The molecular formula is C12H22O. The van der Waals surface area contributed by atoms with Crippen LogP contribution in [0.15, 0.2) is 0 Å². The van der Waals surface area contributed by atoms with Gasteiger partial charge in [-0.1, -0.05) is 20.3 Å². The fourth-order valence-electron chi connectivity index (χ4n) is 3.14. The molecule has 3 unspecified atom stereocenters. The first-order chi connectivity index (χ1) is 6.27. The average Bonchev–Trinajstić information content (AvgIpc) is 2.32. The second kappa shape index (κ2) is 4.00. The molecule has 1 heterocycles. The Bertz CT molecular complexity index is 155. The lowest BCUT2D eigenvalue weighted by Gasteiger charge is -2.26. The van der Waals surface area contributed by atoms with E-state index < -0.39 is 0 Å². The Labute approximate surface area is 81.9 Å². The maximum atomic E-state index is 5.74. The number of fused-ring (bicyclic) bond motifs is 3. The highest BCUT2D eigenvalue weighted by Gasteiger charge is 2.33. The van der Waals surface area contributed by atoms with E-state index in [4.69, 9.17) is 4.74 Å². The van der Waals surface area contributed by atoms with Gasteiger partial charge in [-0.2, -0.15) is 0 Å². The van der Waals surface area contributed by atoms with Crippen molar-refractivity contribution in [2.75, 3.05) is 13.2 Å². The fraction of sp³-hybridized carbons (Fsp3) is 1.00. The number of hydrogen-bond donors (Lipinski definition) is 0. The van der Waals surface area contributed by atoms with Gasteiger partial charge in [-0.25, -0.2) is 0 Å². The topological polar surface area (TPSA) is 9.23 Å². The molecule has 0 N–H and O–H groups in total. The van der Waals surface area contributed by atoms with Gasteiger partial charge in [-0.3, -0.25) is 0 Å². The van der Waals surface area contributed by atoms with Gasteiger partial charge < -0.3 is 4.74 Å². The molecular weight excluding hydrogens is 160 g/mol. The van der Waals surface area contributed by atoms with Crippen molar-refractivity contribution < 1.29 is 4.74 Å². The Morgan fingerprint density at radius 1 is 1.15 bits per heavy atom. The minimum Gasteiger partial charge on any atom is -0.381 e. The molecule has 1 heteroatoms. The summed E-state index contributed by atoms with van der Waals surface area (Å²) in [5.74, 6) is 3.54. The predicted molar refractivity (Wildman–Crippen MR) is 54.6 cm³/mol. The molecule has 0 aromatic carbocycles. The molecule has 1 saturated carbocycles. The Balaban J connectivity index is 2.09. The summed E-state index contributed by atoms with van der Waals surface area (Å²) in [7, 11) is 0. The monoisotopic (exact) mass is 182 g/mol. The molecule has 0 radical (unpaired) electrons. The molecule has 1 aliphatic carbocycles. The molecule has 1 saturated heterocycles. The molecule has 13 heavy (non-hydrogen) atoms. The van der Waals surface area contributed by atoms with Crippen LogP contribution in [-0.4, -0.2) is 13.2 Å². The summed E-state index contributed by atoms with van der Waals surface area (Å²) < 4.78 is 5.74. The standard InChI is InChI=1S/C12H22O/c1-9(2)12-6-10-4-3-5-11(12)8-13-7-10/h9-12H,3-8H2,1-2H3. The van der Waals surface area contributed by atoms with E-state index in [1.54, 1.807) is 0 Å². The summed E-state index contributed by atoms with van der Waals surface area (Å²) in [6, 6.07) is 0. The van der Waals surface area contributed by atoms with Gasteiger partial charge in [0.15, 0.2) is 0 Å². The molecule has 0 spiro atoms. The lowest BCUT2D eigenvalue weighted by molar-refractivity contribution is 0.0681. The van der Waals surface area contributed by atoms with Crippen LogP contribution in [0, 0.1) is 23.7 Å². The molecule has 2 aliphatic rings. The molecule has 1 nitrogen and oxygen atoms in total. The SMILES string of the molecule is CC(C)C1CC2CCCC1COC2. The van der Waals surface area contributed by atoms with Crippen LogP contribution < -0.4 is 0 Å². The molecule has 3 atom stereocenters. The smallest absolute Gasteiger partial charge is 0.0497 e. The van der Waals surface area contributed by atoms with Crippen LogP contribution in [0.2, 0.25) is 0 Å². The summed E-state index contributed by atoms with van der Waals surface area (Å²) >= 11 is 0. The Morgan fingerprint density at radius 3 is 2.77 bits per heavy atom. The van der Waals surface area contributed by atoms with Crippen molar-refractivity contribution in [3.05, 3.63) is 0 Å². The summed E-state index contributed by atoms with van der Waals surface area (Å²) in [4.78, 5) is 0. The minimum atomic E-state index is 0.854. The summed E-state index contributed by atoms with van der Waals surface area (Å²) in [6.45, 7) is 6.84. The zero-order valence-electron chi connectivity index (χ0n) is 8.96. The highest BCUT2D eigenvalue weighted by atomic mass is 16.5. The fourth-order valence-corrected chi connectivity index (χ4v) is 3.14. The van der Waals surface area contributed by atoms with Gasteiger partial charge in [0.1, 0.15) is 0 Å². The van der Waals surface area contributed by atoms with Crippen molar-refractivity contribution >= 4 is 0 Å². The zero-order chi connectivity index (χ0) is 9.26. The van der Waals surface area contributed by atoms with Gasteiger partial charge in [0.25, 0.3) is 0 Å². The zero-order valence-corrected chi connectivity index (χ0v) is 8.96. The van der Waals surface area contributed by atoms with Gasteiger partial charge in [-0.05, 0) is 42.9 Å².